The van der Waals surface area contributed by atoms with Gasteiger partial charge in [-0.2, -0.15) is 0 Å². The Morgan fingerprint density at radius 1 is 1.57 bits per heavy atom. The predicted molar refractivity (Wildman–Crippen MR) is 56.7 cm³/mol. The quantitative estimate of drug-likeness (QED) is 0.732. The van der Waals surface area contributed by atoms with Crippen LogP contribution in [0.5, 0.6) is 0 Å². The molecule has 0 aliphatic rings. The van der Waals surface area contributed by atoms with Gasteiger partial charge < -0.3 is 5.11 Å². The van der Waals surface area contributed by atoms with E-state index in [-0.39, 0.29) is 5.92 Å². The summed E-state index contributed by atoms with van der Waals surface area (Å²) in [6, 6.07) is 5.87. The lowest BCUT2D eigenvalue weighted by molar-refractivity contribution is 0.171. The van der Waals surface area contributed by atoms with Gasteiger partial charge >= 0.3 is 0 Å². The number of hydrogen-bond donors (Lipinski definition) is 1. The SMILES string of the molecule is C#CC(O)C(C)Cc1cccc(C)n1. The highest BCUT2D eigenvalue weighted by Crippen LogP contribution is 2.10. The van der Waals surface area contributed by atoms with Crippen LogP contribution in [-0.2, 0) is 6.42 Å². The zero-order valence-electron chi connectivity index (χ0n) is 8.57. The molecule has 14 heavy (non-hydrogen) atoms. The summed E-state index contributed by atoms with van der Waals surface area (Å²) in [5, 5.41) is 9.39. The van der Waals surface area contributed by atoms with Gasteiger partial charge in [-0.25, -0.2) is 0 Å². The third-order valence-electron chi connectivity index (χ3n) is 2.19. The predicted octanol–water partition coefficient (Wildman–Crippen LogP) is 1.56. The molecule has 1 aromatic rings. The molecule has 0 aliphatic heterocycles. The number of aryl methyl sites for hydroxylation is 1. The summed E-state index contributed by atoms with van der Waals surface area (Å²) in [5.41, 5.74) is 1.97. The number of hydrogen-bond acceptors (Lipinski definition) is 2. The highest BCUT2D eigenvalue weighted by molar-refractivity contribution is 5.11. The molecule has 1 aromatic heterocycles. The summed E-state index contributed by atoms with van der Waals surface area (Å²) in [5.74, 6) is 2.38. The standard InChI is InChI=1S/C12H15NO/c1-4-12(14)9(2)8-11-7-5-6-10(3)13-11/h1,5-7,9,12,14H,8H2,2-3H3. The number of rotatable bonds is 3. The third-order valence-corrected chi connectivity index (χ3v) is 2.19. The molecule has 74 valence electrons. The summed E-state index contributed by atoms with van der Waals surface area (Å²) in [6.45, 7) is 3.88. The van der Waals surface area contributed by atoms with Crippen LogP contribution in [0, 0.1) is 25.2 Å². The molecule has 0 radical (unpaired) electrons. The molecule has 0 saturated carbocycles. The van der Waals surface area contributed by atoms with Crippen molar-refractivity contribution in [2.45, 2.75) is 26.4 Å². The molecule has 0 spiro atoms. The van der Waals surface area contributed by atoms with Gasteiger partial charge in [0.15, 0.2) is 0 Å². The van der Waals surface area contributed by atoms with Crippen LogP contribution in [0.25, 0.3) is 0 Å². The number of aliphatic hydroxyl groups excluding tert-OH is 1. The minimum Gasteiger partial charge on any atom is -0.380 e. The van der Waals surface area contributed by atoms with Gasteiger partial charge in [-0.05, 0) is 31.4 Å². The molecule has 2 heteroatoms. The van der Waals surface area contributed by atoms with Crippen LogP contribution in [0.2, 0.25) is 0 Å². The van der Waals surface area contributed by atoms with E-state index in [2.05, 4.69) is 10.9 Å². The topological polar surface area (TPSA) is 33.1 Å². The van der Waals surface area contributed by atoms with Crippen LogP contribution in [0.15, 0.2) is 18.2 Å². The second-order valence-electron chi connectivity index (χ2n) is 3.56. The van der Waals surface area contributed by atoms with Crippen molar-refractivity contribution in [2.24, 2.45) is 5.92 Å². The van der Waals surface area contributed by atoms with Crippen molar-refractivity contribution in [3.05, 3.63) is 29.6 Å². The average Bonchev–Trinajstić information content (AvgIpc) is 2.16. The minimum atomic E-state index is -0.683. The molecule has 2 atom stereocenters. The van der Waals surface area contributed by atoms with Gasteiger partial charge in [-0.1, -0.05) is 18.9 Å². The van der Waals surface area contributed by atoms with Gasteiger partial charge in [0.1, 0.15) is 6.10 Å². The van der Waals surface area contributed by atoms with Gasteiger partial charge in [0, 0.05) is 11.4 Å². The molecule has 1 rings (SSSR count). The Morgan fingerprint density at radius 2 is 2.29 bits per heavy atom. The Labute approximate surface area is 85.0 Å². The maximum Gasteiger partial charge on any atom is 0.117 e. The van der Waals surface area contributed by atoms with E-state index in [9.17, 15) is 5.11 Å². The Balaban J connectivity index is 2.65. The summed E-state index contributed by atoms with van der Waals surface area (Å²) in [4.78, 5) is 4.35. The number of pyridine rings is 1. The summed E-state index contributed by atoms with van der Waals surface area (Å²) >= 11 is 0. The van der Waals surface area contributed by atoms with Crippen molar-refractivity contribution in [1.82, 2.24) is 4.98 Å². The fourth-order valence-electron chi connectivity index (χ4n) is 1.32. The first kappa shape index (κ1) is 10.7. The second-order valence-corrected chi connectivity index (χ2v) is 3.56. The van der Waals surface area contributed by atoms with Crippen molar-refractivity contribution >= 4 is 0 Å². The van der Waals surface area contributed by atoms with E-state index in [4.69, 9.17) is 6.42 Å². The van der Waals surface area contributed by atoms with Crippen molar-refractivity contribution in [2.75, 3.05) is 0 Å². The fraction of sp³-hybridized carbons (Fsp3) is 0.417. The first-order chi connectivity index (χ1) is 6.63. The van der Waals surface area contributed by atoms with E-state index in [1.165, 1.54) is 0 Å². The highest BCUT2D eigenvalue weighted by atomic mass is 16.3. The molecule has 1 N–H and O–H groups in total. The normalized spacial score (nSPS) is 14.4. The number of terminal acetylenes is 1. The Hall–Kier alpha value is -1.33. The zero-order chi connectivity index (χ0) is 10.6. The van der Waals surface area contributed by atoms with E-state index < -0.39 is 6.10 Å². The van der Waals surface area contributed by atoms with Crippen molar-refractivity contribution in [3.63, 3.8) is 0 Å². The first-order valence-electron chi connectivity index (χ1n) is 4.70. The number of nitrogens with zero attached hydrogens (tertiary/aromatic N) is 1. The monoisotopic (exact) mass is 189 g/mol. The van der Waals surface area contributed by atoms with Crippen LogP contribution in [0.3, 0.4) is 0 Å². The average molecular weight is 189 g/mol. The number of aliphatic hydroxyl groups is 1. The smallest absolute Gasteiger partial charge is 0.117 e. The third kappa shape index (κ3) is 2.86. The molecule has 0 fully saturated rings. The van der Waals surface area contributed by atoms with Crippen molar-refractivity contribution < 1.29 is 5.11 Å². The molecular formula is C12H15NO. The highest BCUT2D eigenvalue weighted by Gasteiger charge is 2.12. The van der Waals surface area contributed by atoms with E-state index in [1.54, 1.807) is 0 Å². The lowest BCUT2D eigenvalue weighted by Crippen LogP contribution is -2.18. The molecule has 2 unspecified atom stereocenters. The van der Waals surface area contributed by atoms with Crippen LogP contribution in [0.4, 0.5) is 0 Å². The Morgan fingerprint density at radius 3 is 2.86 bits per heavy atom. The number of aromatic nitrogens is 1. The lowest BCUT2D eigenvalue weighted by Gasteiger charge is -2.13. The molecule has 0 aromatic carbocycles. The van der Waals surface area contributed by atoms with E-state index in [0.717, 1.165) is 11.4 Å². The zero-order valence-corrected chi connectivity index (χ0v) is 8.57. The van der Waals surface area contributed by atoms with E-state index >= 15 is 0 Å². The van der Waals surface area contributed by atoms with Crippen LogP contribution in [0.1, 0.15) is 18.3 Å². The molecule has 0 amide bonds. The Bertz CT molecular complexity index is 340. The van der Waals surface area contributed by atoms with Gasteiger partial charge in [0.2, 0.25) is 0 Å². The molecule has 0 aliphatic carbocycles. The van der Waals surface area contributed by atoms with Crippen LogP contribution in [-0.4, -0.2) is 16.2 Å². The summed E-state index contributed by atoms with van der Waals surface area (Å²) in [6.07, 6.45) is 5.17. The molecular weight excluding hydrogens is 174 g/mol. The molecule has 1 heterocycles. The maximum absolute atomic E-state index is 9.39. The van der Waals surface area contributed by atoms with Crippen molar-refractivity contribution in [1.29, 1.82) is 0 Å². The minimum absolute atomic E-state index is 0.0503. The van der Waals surface area contributed by atoms with Gasteiger partial charge in [0.05, 0.1) is 0 Å². The van der Waals surface area contributed by atoms with E-state index in [1.807, 2.05) is 32.0 Å². The Kier molecular flexibility index (Phi) is 3.67. The fourth-order valence-corrected chi connectivity index (χ4v) is 1.32. The van der Waals surface area contributed by atoms with E-state index in [0.29, 0.717) is 6.42 Å². The van der Waals surface area contributed by atoms with Crippen LogP contribution < -0.4 is 0 Å². The van der Waals surface area contributed by atoms with Crippen LogP contribution >= 0.6 is 0 Å². The molecule has 2 nitrogen and oxygen atoms in total. The van der Waals surface area contributed by atoms with Gasteiger partial charge in [0.25, 0.3) is 0 Å². The summed E-state index contributed by atoms with van der Waals surface area (Å²) in [7, 11) is 0. The molecule has 0 saturated heterocycles. The van der Waals surface area contributed by atoms with Crippen molar-refractivity contribution in [3.8, 4) is 12.3 Å². The van der Waals surface area contributed by atoms with Gasteiger partial charge in [-0.3, -0.25) is 4.98 Å². The first-order valence-corrected chi connectivity index (χ1v) is 4.70. The van der Waals surface area contributed by atoms with Gasteiger partial charge in [-0.15, -0.1) is 6.42 Å². The molecule has 0 bridgehead atoms. The summed E-state index contributed by atoms with van der Waals surface area (Å²) < 4.78 is 0. The lowest BCUT2D eigenvalue weighted by atomic mass is 9.99. The maximum atomic E-state index is 9.39. The largest absolute Gasteiger partial charge is 0.380 e. The second kappa shape index (κ2) is 4.78.